The van der Waals surface area contributed by atoms with Crippen LogP contribution in [0.3, 0.4) is 0 Å². The summed E-state index contributed by atoms with van der Waals surface area (Å²) in [6.45, 7) is 14.3. The molecule has 0 heterocycles. The Hall–Kier alpha value is -1.17. The fraction of sp³-hybridized carbons (Fsp3) is 0.400. The van der Waals surface area contributed by atoms with Crippen LogP contribution in [0.25, 0.3) is 0 Å². The van der Waals surface area contributed by atoms with Crippen LogP contribution in [0.2, 0.25) is 12.4 Å². The van der Waals surface area contributed by atoms with Crippen LogP contribution < -0.4 is 0 Å². The van der Waals surface area contributed by atoms with Crippen molar-refractivity contribution in [2.24, 2.45) is 0 Å². The summed E-state index contributed by atoms with van der Waals surface area (Å²) >= 11 is -3.19. The van der Waals surface area contributed by atoms with Gasteiger partial charge >= 0.3 is 205 Å². The maximum atomic E-state index is 7.95. The summed E-state index contributed by atoms with van der Waals surface area (Å²) in [4.78, 5) is 0. The second-order valence-electron chi connectivity index (χ2n) is 11.4. The van der Waals surface area contributed by atoms with Crippen molar-refractivity contribution in [3.8, 4) is 0 Å². The van der Waals surface area contributed by atoms with E-state index >= 15 is 0 Å². The molecule has 0 nitrogen and oxygen atoms in total. The first-order chi connectivity index (χ1) is 14.9. The standard InChI is InChI=1S/3C10H13.ClH.Zr/c3*1-10(2,3)9-7-5-4-6-8-9;;/h3*4-8H,1H2,2-3H3;1H;/q;;;;+1/p-1. The molecule has 0 aliphatic carbocycles. The van der Waals surface area contributed by atoms with E-state index in [9.17, 15) is 0 Å². The molecule has 3 rings (SSSR count). The Morgan fingerprint density at radius 2 is 0.688 bits per heavy atom. The molecule has 32 heavy (non-hydrogen) atoms. The van der Waals surface area contributed by atoms with E-state index in [0.717, 1.165) is 12.4 Å². The first-order valence-electron chi connectivity index (χ1n) is 11.8. The fourth-order valence-electron chi connectivity index (χ4n) is 5.54. The number of rotatable bonds is 9. The molecule has 0 amide bonds. The number of hydrogen-bond donors (Lipinski definition) is 0. The third-order valence-electron chi connectivity index (χ3n) is 6.94. The van der Waals surface area contributed by atoms with Gasteiger partial charge in [0.25, 0.3) is 0 Å². The molecule has 0 aliphatic rings. The summed E-state index contributed by atoms with van der Waals surface area (Å²) in [5.41, 5.74) is 4.40. The number of hydrogen-bond acceptors (Lipinski definition) is 0. The Balaban J connectivity index is 1.98. The van der Waals surface area contributed by atoms with E-state index in [-0.39, 0.29) is 16.2 Å². The molecule has 0 aliphatic heterocycles. The Morgan fingerprint density at radius 3 is 0.906 bits per heavy atom. The van der Waals surface area contributed by atoms with E-state index in [4.69, 9.17) is 8.51 Å². The van der Waals surface area contributed by atoms with Crippen molar-refractivity contribution in [1.82, 2.24) is 0 Å². The van der Waals surface area contributed by atoms with Crippen LogP contribution in [-0.4, -0.2) is 0 Å². The summed E-state index contributed by atoms with van der Waals surface area (Å²) < 4.78 is 3.37. The van der Waals surface area contributed by atoms with E-state index in [0.29, 0.717) is 0 Å². The van der Waals surface area contributed by atoms with Crippen LogP contribution in [0.5, 0.6) is 0 Å². The first kappa shape index (κ1) is 25.5. The summed E-state index contributed by atoms with van der Waals surface area (Å²) in [5, 5.41) is 0. The molecule has 3 aromatic carbocycles. The monoisotopic (exact) mass is 524 g/mol. The predicted molar refractivity (Wildman–Crippen MR) is 139 cm³/mol. The van der Waals surface area contributed by atoms with Gasteiger partial charge in [0.1, 0.15) is 0 Å². The van der Waals surface area contributed by atoms with Crippen molar-refractivity contribution in [1.29, 1.82) is 0 Å². The van der Waals surface area contributed by atoms with E-state index in [1.807, 2.05) is 0 Å². The van der Waals surface area contributed by atoms with Gasteiger partial charge in [0.2, 0.25) is 0 Å². The van der Waals surface area contributed by atoms with Crippen molar-refractivity contribution in [2.75, 3.05) is 0 Å². The van der Waals surface area contributed by atoms with Crippen LogP contribution in [0.1, 0.15) is 58.2 Å². The van der Waals surface area contributed by atoms with Gasteiger partial charge in [-0.15, -0.1) is 0 Å². The fourth-order valence-corrected chi connectivity index (χ4v) is 25.6. The van der Waals surface area contributed by atoms with Crippen molar-refractivity contribution in [3.63, 3.8) is 0 Å². The Morgan fingerprint density at radius 1 is 0.469 bits per heavy atom. The van der Waals surface area contributed by atoms with Crippen LogP contribution in [0.15, 0.2) is 91.0 Å². The quantitative estimate of drug-likeness (QED) is 0.261. The Kier molecular flexibility index (Phi) is 7.94. The van der Waals surface area contributed by atoms with Crippen LogP contribution in [-0.2, 0) is 35.3 Å². The third kappa shape index (κ3) is 6.45. The molecule has 3 aromatic rings. The average Bonchev–Trinajstić information content (AvgIpc) is 2.74. The van der Waals surface area contributed by atoms with Crippen LogP contribution >= 0.6 is 8.51 Å². The molecule has 0 N–H and O–H groups in total. The summed E-state index contributed by atoms with van der Waals surface area (Å²) in [5.74, 6) is 0. The van der Waals surface area contributed by atoms with Gasteiger partial charge in [0, 0.05) is 0 Å². The summed E-state index contributed by atoms with van der Waals surface area (Å²) in [6.07, 6.45) is 0. The zero-order valence-electron chi connectivity index (χ0n) is 20.7. The number of benzene rings is 3. The minimum atomic E-state index is -3.19. The molecule has 170 valence electrons. The predicted octanol–water partition coefficient (Wildman–Crippen LogP) is 9.48. The topological polar surface area (TPSA) is 0 Å². The van der Waals surface area contributed by atoms with Gasteiger partial charge in [-0.25, -0.2) is 0 Å². The van der Waals surface area contributed by atoms with E-state index < -0.39 is 19.1 Å². The van der Waals surface area contributed by atoms with Gasteiger partial charge in [0.05, 0.1) is 0 Å². The van der Waals surface area contributed by atoms with E-state index in [2.05, 4.69) is 133 Å². The molecule has 0 aromatic heterocycles. The second-order valence-corrected chi connectivity index (χ2v) is 24.4. The van der Waals surface area contributed by atoms with E-state index in [1.165, 1.54) is 16.7 Å². The van der Waals surface area contributed by atoms with Gasteiger partial charge in [-0.2, -0.15) is 0 Å². The molecule has 0 fully saturated rings. The zero-order chi connectivity index (χ0) is 23.5. The van der Waals surface area contributed by atoms with Crippen molar-refractivity contribution in [3.05, 3.63) is 108 Å². The molecule has 0 saturated heterocycles. The van der Waals surface area contributed by atoms with Crippen molar-refractivity contribution < 1.29 is 19.1 Å². The summed E-state index contributed by atoms with van der Waals surface area (Å²) in [6, 6.07) is 32.9. The zero-order valence-corrected chi connectivity index (χ0v) is 23.9. The second kappa shape index (κ2) is 9.99. The van der Waals surface area contributed by atoms with Crippen LogP contribution in [0, 0.1) is 0 Å². The summed E-state index contributed by atoms with van der Waals surface area (Å²) in [7, 11) is 7.95. The average molecular weight is 526 g/mol. The molecule has 0 atom stereocenters. The van der Waals surface area contributed by atoms with Crippen molar-refractivity contribution >= 4 is 8.51 Å². The molecule has 0 bridgehead atoms. The van der Waals surface area contributed by atoms with Gasteiger partial charge < -0.3 is 0 Å². The first-order valence-corrected chi connectivity index (χ1v) is 20.2. The SMILES string of the molecule is CC(C)([CH2][Zr]([Cl])([CH2]C(C)(C)c1ccccc1)[CH2]C(C)(C)c1ccccc1)c1ccccc1. The molecule has 0 saturated carbocycles. The van der Waals surface area contributed by atoms with Crippen LogP contribution in [0.4, 0.5) is 0 Å². The van der Waals surface area contributed by atoms with Crippen molar-refractivity contribution in [2.45, 2.75) is 70.2 Å². The molecular formula is C30H39ClZr. The normalized spacial score (nSPS) is 13.2. The van der Waals surface area contributed by atoms with Gasteiger partial charge in [-0.05, 0) is 0 Å². The maximum absolute atomic E-state index is 7.95. The van der Waals surface area contributed by atoms with E-state index in [1.54, 1.807) is 0 Å². The third-order valence-corrected chi connectivity index (χ3v) is 20.5. The van der Waals surface area contributed by atoms with Gasteiger partial charge in [0.15, 0.2) is 0 Å². The molecule has 2 heteroatoms. The molecular weight excluding hydrogens is 487 g/mol. The van der Waals surface area contributed by atoms with Gasteiger partial charge in [-0.3, -0.25) is 0 Å². The molecule has 0 spiro atoms. The minimum absolute atomic E-state index is 0.0681. The van der Waals surface area contributed by atoms with Gasteiger partial charge in [-0.1, -0.05) is 0 Å². The number of halogens is 1. The Bertz CT molecular complexity index is 845. The molecule has 0 radical (unpaired) electrons. The Labute approximate surface area is 204 Å². The molecule has 0 unspecified atom stereocenters.